The zero-order chi connectivity index (χ0) is 12.5. The van der Waals surface area contributed by atoms with Crippen LogP contribution in [0.4, 0.5) is 0 Å². The van der Waals surface area contributed by atoms with Gasteiger partial charge in [-0.3, -0.25) is 0 Å². The van der Waals surface area contributed by atoms with Crippen molar-refractivity contribution in [3.8, 4) is 0 Å². The Kier molecular flexibility index (Phi) is 7.30. The fourth-order valence-corrected chi connectivity index (χ4v) is 2.10. The minimum atomic E-state index is 0.805. The molecule has 0 radical (unpaired) electrons. The molecule has 0 N–H and O–H groups in total. The van der Waals surface area contributed by atoms with Gasteiger partial charge < -0.3 is 4.90 Å². The lowest BCUT2D eigenvalue weighted by Crippen LogP contribution is -2.19. The van der Waals surface area contributed by atoms with Gasteiger partial charge in [0.15, 0.2) is 0 Å². The Bertz CT molecular complexity index is 294. The number of hydrogen-bond acceptors (Lipinski definition) is 1. The Labute approximate surface area is 111 Å². The van der Waals surface area contributed by atoms with Crippen LogP contribution in [0.15, 0.2) is 24.3 Å². The summed E-state index contributed by atoms with van der Waals surface area (Å²) in [4.78, 5) is 2.39. The summed E-state index contributed by atoms with van der Waals surface area (Å²) in [6.45, 7) is 4.36. The zero-order valence-electron chi connectivity index (χ0n) is 11.1. The number of unbranched alkanes of at least 4 members (excludes halogenated alkanes) is 3. The first-order valence-electron chi connectivity index (χ1n) is 6.52. The number of nitrogens with zero attached hydrogens (tertiary/aromatic N) is 1. The van der Waals surface area contributed by atoms with E-state index in [1.165, 1.54) is 36.9 Å². The molecule has 1 rings (SSSR count). The second-order valence-corrected chi connectivity index (χ2v) is 5.20. The molecule has 0 spiro atoms. The normalized spacial score (nSPS) is 11.1. The topological polar surface area (TPSA) is 3.24 Å². The number of benzene rings is 1. The van der Waals surface area contributed by atoms with E-state index >= 15 is 0 Å². The van der Waals surface area contributed by atoms with Gasteiger partial charge in [0.2, 0.25) is 0 Å². The molecule has 0 bridgehead atoms. The standard InChI is InChI=1S/C15H24ClN/c1-14-7-9-15(10-8-14)13-17(2)12-6-4-3-5-11-16/h7-10H,3-6,11-13H2,1-2H3. The summed E-state index contributed by atoms with van der Waals surface area (Å²) in [6, 6.07) is 8.81. The van der Waals surface area contributed by atoms with E-state index in [9.17, 15) is 0 Å². The Balaban J connectivity index is 2.16. The van der Waals surface area contributed by atoms with Crippen molar-refractivity contribution >= 4 is 11.6 Å². The molecule has 17 heavy (non-hydrogen) atoms. The van der Waals surface area contributed by atoms with Crippen LogP contribution in [0.3, 0.4) is 0 Å². The lowest BCUT2D eigenvalue weighted by atomic mass is 10.1. The minimum absolute atomic E-state index is 0.805. The van der Waals surface area contributed by atoms with Gasteiger partial charge in [0.25, 0.3) is 0 Å². The molecule has 0 saturated heterocycles. The maximum atomic E-state index is 5.65. The summed E-state index contributed by atoms with van der Waals surface area (Å²) in [5.74, 6) is 0.805. The fourth-order valence-electron chi connectivity index (χ4n) is 1.91. The largest absolute Gasteiger partial charge is 0.302 e. The summed E-state index contributed by atoms with van der Waals surface area (Å²) in [6.07, 6.45) is 5.00. The predicted octanol–water partition coefficient (Wildman–Crippen LogP) is 4.23. The molecule has 96 valence electrons. The van der Waals surface area contributed by atoms with Crippen molar-refractivity contribution in [2.75, 3.05) is 19.5 Å². The van der Waals surface area contributed by atoms with Gasteiger partial charge in [0.1, 0.15) is 0 Å². The van der Waals surface area contributed by atoms with Crippen LogP contribution in [0.5, 0.6) is 0 Å². The molecule has 1 aromatic carbocycles. The maximum absolute atomic E-state index is 5.65. The molecule has 0 aliphatic rings. The first-order chi connectivity index (χ1) is 8.22. The van der Waals surface area contributed by atoms with Crippen LogP contribution >= 0.6 is 11.6 Å². The van der Waals surface area contributed by atoms with Crippen LogP contribution < -0.4 is 0 Å². The van der Waals surface area contributed by atoms with Crippen molar-refractivity contribution < 1.29 is 0 Å². The van der Waals surface area contributed by atoms with Crippen molar-refractivity contribution in [3.05, 3.63) is 35.4 Å². The summed E-state index contributed by atoms with van der Waals surface area (Å²) >= 11 is 5.65. The molecule has 0 aliphatic carbocycles. The lowest BCUT2D eigenvalue weighted by Gasteiger charge is -2.16. The smallest absolute Gasteiger partial charge is 0.0230 e. The Morgan fingerprint density at radius 1 is 1.00 bits per heavy atom. The van der Waals surface area contributed by atoms with Gasteiger partial charge >= 0.3 is 0 Å². The number of hydrogen-bond donors (Lipinski definition) is 0. The molecule has 0 aliphatic heterocycles. The molecule has 0 atom stereocenters. The highest BCUT2D eigenvalue weighted by molar-refractivity contribution is 6.17. The molecular weight excluding hydrogens is 230 g/mol. The molecule has 1 aromatic rings. The molecule has 0 amide bonds. The fraction of sp³-hybridized carbons (Fsp3) is 0.600. The van der Waals surface area contributed by atoms with E-state index in [0.717, 1.165) is 18.8 Å². The second-order valence-electron chi connectivity index (χ2n) is 4.83. The summed E-state index contributed by atoms with van der Waals surface area (Å²) in [5.41, 5.74) is 2.73. The van der Waals surface area contributed by atoms with E-state index in [4.69, 9.17) is 11.6 Å². The van der Waals surface area contributed by atoms with Crippen LogP contribution in [0.1, 0.15) is 36.8 Å². The number of halogens is 1. The molecule has 0 fully saturated rings. The van der Waals surface area contributed by atoms with Crippen molar-refractivity contribution in [3.63, 3.8) is 0 Å². The molecular formula is C15H24ClN. The lowest BCUT2D eigenvalue weighted by molar-refractivity contribution is 0.317. The van der Waals surface area contributed by atoms with Crippen molar-refractivity contribution in [2.24, 2.45) is 0 Å². The molecule has 0 unspecified atom stereocenters. The average molecular weight is 254 g/mol. The van der Waals surface area contributed by atoms with Gasteiger partial charge in [0.05, 0.1) is 0 Å². The first kappa shape index (κ1) is 14.5. The van der Waals surface area contributed by atoms with Crippen LogP contribution in [0, 0.1) is 6.92 Å². The molecule has 0 saturated carbocycles. The van der Waals surface area contributed by atoms with E-state index in [0.29, 0.717) is 0 Å². The van der Waals surface area contributed by atoms with Crippen LogP contribution in [-0.2, 0) is 6.54 Å². The minimum Gasteiger partial charge on any atom is -0.302 e. The van der Waals surface area contributed by atoms with Crippen LogP contribution in [0.2, 0.25) is 0 Å². The summed E-state index contributed by atoms with van der Waals surface area (Å²) < 4.78 is 0. The Morgan fingerprint density at radius 3 is 2.29 bits per heavy atom. The van der Waals surface area contributed by atoms with Crippen molar-refractivity contribution in [1.29, 1.82) is 0 Å². The van der Waals surface area contributed by atoms with E-state index in [1.54, 1.807) is 0 Å². The van der Waals surface area contributed by atoms with Crippen molar-refractivity contribution in [2.45, 2.75) is 39.2 Å². The van der Waals surface area contributed by atoms with Crippen molar-refractivity contribution in [1.82, 2.24) is 4.90 Å². The third kappa shape index (κ3) is 6.70. The van der Waals surface area contributed by atoms with E-state index in [1.807, 2.05) is 0 Å². The quantitative estimate of drug-likeness (QED) is 0.495. The molecule has 0 aromatic heterocycles. The Hall–Kier alpha value is -0.530. The maximum Gasteiger partial charge on any atom is 0.0230 e. The number of aryl methyl sites for hydroxylation is 1. The van der Waals surface area contributed by atoms with E-state index in [-0.39, 0.29) is 0 Å². The van der Waals surface area contributed by atoms with Crippen LogP contribution in [0.25, 0.3) is 0 Å². The second kappa shape index (κ2) is 8.54. The summed E-state index contributed by atoms with van der Waals surface area (Å²) in [5, 5.41) is 0. The number of alkyl halides is 1. The van der Waals surface area contributed by atoms with Gasteiger partial charge in [-0.25, -0.2) is 0 Å². The highest BCUT2D eigenvalue weighted by Gasteiger charge is 2.00. The average Bonchev–Trinajstić information content (AvgIpc) is 2.32. The van der Waals surface area contributed by atoms with Gasteiger partial charge in [-0.1, -0.05) is 42.7 Å². The van der Waals surface area contributed by atoms with E-state index < -0.39 is 0 Å². The monoisotopic (exact) mass is 253 g/mol. The Morgan fingerprint density at radius 2 is 1.65 bits per heavy atom. The molecule has 1 nitrogen and oxygen atoms in total. The van der Waals surface area contributed by atoms with E-state index in [2.05, 4.69) is 43.1 Å². The zero-order valence-corrected chi connectivity index (χ0v) is 11.8. The summed E-state index contributed by atoms with van der Waals surface area (Å²) in [7, 11) is 2.20. The van der Waals surface area contributed by atoms with Gasteiger partial charge in [-0.15, -0.1) is 11.6 Å². The molecule has 0 heterocycles. The van der Waals surface area contributed by atoms with Gasteiger partial charge in [-0.05, 0) is 38.9 Å². The van der Waals surface area contributed by atoms with Crippen LogP contribution in [-0.4, -0.2) is 24.4 Å². The molecule has 2 heteroatoms. The van der Waals surface area contributed by atoms with Gasteiger partial charge in [-0.2, -0.15) is 0 Å². The third-order valence-corrected chi connectivity index (χ3v) is 3.26. The highest BCUT2D eigenvalue weighted by Crippen LogP contribution is 2.07. The SMILES string of the molecule is Cc1ccc(CN(C)CCCCCCCl)cc1. The van der Waals surface area contributed by atoms with Gasteiger partial charge in [0, 0.05) is 12.4 Å². The number of rotatable bonds is 8. The highest BCUT2D eigenvalue weighted by atomic mass is 35.5. The first-order valence-corrected chi connectivity index (χ1v) is 7.06. The predicted molar refractivity (Wildman–Crippen MR) is 76.7 cm³/mol. The third-order valence-electron chi connectivity index (χ3n) is 3.00.